The van der Waals surface area contributed by atoms with Crippen molar-refractivity contribution >= 4 is 33.2 Å². The van der Waals surface area contributed by atoms with Gasteiger partial charge in [0.15, 0.2) is 0 Å². The highest BCUT2D eigenvalue weighted by atomic mass is 32.2. The van der Waals surface area contributed by atoms with E-state index in [4.69, 9.17) is 0 Å². The van der Waals surface area contributed by atoms with E-state index < -0.39 is 22.6 Å². The van der Waals surface area contributed by atoms with E-state index in [0.717, 1.165) is 37.2 Å². The van der Waals surface area contributed by atoms with E-state index in [1.165, 1.54) is 6.07 Å². The summed E-state index contributed by atoms with van der Waals surface area (Å²) in [5.41, 5.74) is 2.46. The minimum Gasteiger partial charge on any atom is -0.326 e. The molecule has 0 radical (unpaired) electrons. The molecule has 3 aliphatic heterocycles. The van der Waals surface area contributed by atoms with E-state index >= 15 is 0 Å². The van der Waals surface area contributed by atoms with Gasteiger partial charge in [-0.1, -0.05) is 0 Å². The molecule has 0 bridgehead atoms. The highest BCUT2D eigenvalue weighted by Gasteiger charge is 2.35. The van der Waals surface area contributed by atoms with Gasteiger partial charge in [-0.15, -0.1) is 0 Å². The first kappa shape index (κ1) is 33.6. The number of nitrogens with zero attached hydrogens (tertiary/aromatic N) is 6. The van der Waals surface area contributed by atoms with Crippen LogP contribution in [0, 0.1) is 5.82 Å². The van der Waals surface area contributed by atoms with Crippen molar-refractivity contribution in [1.82, 2.24) is 24.1 Å². The second kappa shape index (κ2) is 14.4. The number of benzene rings is 2. The Morgan fingerprint density at radius 1 is 0.915 bits per heavy atom. The summed E-state index contributed by atoms with van der Waals surface area (Å²) in [6.45, 7) is 5.10. The molecule has 4 heterocycles. The van der Waals surface area contributed by atoms with Crippen molar-refractivity contribution in [2.45, 2.75) is 62.1 Å². The van der Waals surface area contributed by atoms with Gasteiger partial charge >= 0.3 is 6.18 Å². The summed E-state index contributed by atoms with van der Waals surface area (Å²) in [6.07, 6.45) is 0.811. The molecule has 0 atom stereocenters. The van der Waals surface area contributed by atoms with Crippen molar-refractivity contribution in [3.63, 3.8) is 0 Å². The highest BCUT2D eigenvalue weighted by molar-refractivity contribution is 7.89. The van der Waals surface area contributed by atoms with Crippen molar-refractivity contribution in [1.29, 1.82) is 0 Å². The third-order valence-electron chi connectivity index (χ3n) is 9.31. The zero-order valence-corrected chi connectivity index (χ0v) is 27.1. The zero-order chi connectivity index (χ0) is 33.0. The number of anilines is 4. The smallest absolute Gasteiger partial charge is 0.326 e. The van der Waals surface area contributed by atoms with Crippen LogP contribution >= 0.6 is 0 Å². The van der Waals surface area contributed by atoms with E-state index in [1.54, 1.807) is 53.0 Å². The van der Waals surface area contributed by atoms with E-state index in [1.807, 2.05) is 9.80 Å². The third kappa shape index (κ3) is 8.40. The lowest BCUT2D eigenvalue weighted by Crippen LogP contribution is -2.49. The molecule has 0 spiro atoms. The minimum absolute atomic E-state index is 0.0499. The zero-order valence-electron chi connectivity index (χ0n) is 26.3. The first-order valence-electron chi connectivity index (χ1n) is 16.3. The Morgan fingerprint density at radius 2 is 1.64 bits per heavy atom. The number of rotatable bonds is 12. The Morgan fingerprint density at radius 3 is 2.36 bits per heavy atom. The van der Waals surface area contributed by atoms with Gasteiger partial charge in [0, 0.05) is 49.7 Å². The standard InChI is InChI=1S/C33H41F4N7O2S/c34-26-4-9-30-25(24-26)11-21-43(30)31-10-15-38-32(40-31)39-27-5-7-29(8-6-27)47(45,46)44(23-22-41-16-1-2-17-41)28-12-19-42(20-13-28)18-3-14-33(35,36)37/h4-10,15,24,28H,1-3,11-14,16-23H2,(H,38,39,40). The predicted molar refractivity (Wildman–Crippen MR) is 173 cm³/mol. The number of fused-ring (bicyclic) bond motifs is 1. The van der Waals surface area contributed by atoms with Crippen LogP contribution in [0.2, 0.25) is 0 Å². The van der Waals surface area contributed by atoms with Crippen molar-refractivity contribution in [3.05, 3.63) is 66.1 Å². The second-order valence-corrected chi connectivity index (χ2v) is 14.4. The van der Waals surface area contributed by atoms with Crippen LogP contribution in [0.15, 0.2) is 59.6 Å². The van der Waals surface area contributed by atoms with Gasteiger partial charge in [-0.05, 0) is 125 Å². The van der Waals surface area contributed by atoms with Gasteiger partial charge in [0.25, 0.3) is 0 Å². The highest BCUT2D eigenvalue weighted by Crippen LogP contribution is 2.34. The van der Waals surface area contributed by atoms with Gasteiger partial charge < -0.3 is 20.0 Å². The van der Waals surface area contributed by atoms with Gasteiger partial charge in [0.1, 0.15) is 11.6 Å². The van der Waals surface area contributed by atoms with Crippen LogP contribution < -0.4 is 10.2 Å². The van der Waals surface area contributed by atoms with Gasteiger partial charge in [-0.3, -0.25) is 0 Å². The lowest BCUT2D eigenvalue weighted by atomic mass is 10.0. The molecule has 254 valence electrons. The van der Waals surface area contributed by atoms with E-state index in [0.29, 0.717) is 76.0 Å². The molecule has 2 fully saturated rings. The summed E-state index contributed by atoms with van der Waals surface area (Å²) in [6, 6.07) is 12.9. The molecule has 0 amide bonds. The fourth-order valence-corrected chi connectivity index (χ4v) is 8.50. The van der Waals surface area contributed by atoms with Crippen LogP contribution in [0.25, 0.3) is 0 Å². The first-order chi connectivity index (χ1) is 22.5. The molecule has 0 unspecified atom stereocenters. The third-order valence-corrected chi connectivity index (χ3v) is 11.3. The Hall–Kier alpha value is -3.33. The molecule has 0 aliphatic carbocycles. The van der Waals surface area contributed by atoms with E-state index in [9.17, 15) is 26.0 Å². The molecule has 14 heteroatoms. The molecule has 1 aromatic heterocycles. The molecule has 9 nitrogen and oxygen atoms in total. The summed E-state index contributed by atoms with van der Waals surface area (Å²) in [5, 5.41) is 3.17. The SMILES string of the molecule is O=S(=O)(c1ccc(Nc2nccc(N3CCc4cc(F)ccc43)n2)cc1)N(CCN1CCCC1)C1CCN(CCCC(F)(F)F)CC1. The average molecular weight is 676 g/mol. The number of hydrogen-bond donors (Lipinski definition) is 1. The Labute approximate surface area is 273 Å². The number of sulfonamides is 1. The average Bonchev–Trinajstić information content (AvgIpc) is 3.72. The van der Waals surface area contributed by atoms with Gasteiger partial charge in [0.2, 0.25) is 16.0 Å². The van der Waals surface area contributed by atoms with Crippen molar-refractivity contribution in [3.8, 4) is 0 Å². The molecular formula is C33H41F4N7O2S. The van der Waals surface area contributed by atoms with E-state index in [2.05, 4.69) is 20.2 Å². The molecule has 3 aromatic rings. The summed E-state index contributed by atoms with van der Waals surface area (Å²) in [5.74, 6) is 0.759. The largest absolute Gasteiger partial charge is 0.389 e. The summed E-state index contributed by atoms with van der Waals surface area (Å²) < 4.78 is 81.4. The minimum atomic E-state index is -4.16. The number of nitrogens with one attached hydrogen (secondary N) is 1. The molecule has 2 saturated heterocycles. The van der Waals surface area contributed by atoms with Crippen LogP contribution in [0.5, 0.6) is 0 Å². The van der Waals surface area contributed by atoms with Crippen LogP contribution in [-0.2, 0) is 16.4 Å². The maximum Gasteiger partial charge on any atom is 0.389 e. The quantitative estimate of drug-likeness (QED) is 0.236. The Kier molecular flexibility index (Phi) is 10.3. The van der Waals surface area contributed by atoms with Crippen LogP contribution in [-0.4, -0.2) is 97.1 Å². The summed E-state index contributed by atoms with van der Waals surface area (Å²) in [4.78, 5) is 15.5. The Bertz CT molecular complexity index is 1610. The summed E-state index contributed by atoms with van der Waals surface area (Å²) in [7, 11) is -3.84. The topological polar surface area (TPSA) is 84.9 Å². The maximum atomic E-state index is 14.1. The van der Waals surface area contributed by atoms with E-state index in [-0.39, 0.29) is 23.2 Å². The fourth-order valence-electron chi connectivity index (χ4n) is 6.82. The number of likely N-dealkylation sites (tertiary alicyclic amines) is 2. The first-order valence-corrected chi connectivity index (χ1v) is 17.8. The molecule has 6 rings (SSSR count). The monoisotopic (exact) mass is 675 g/mol. The number of piperidine rings is 1. The number of halogens is 4. The number of alkyl halides is 3. The molecule has 3 aliphatic rings. The number of aromatic nitrogens is 2. The van der Waals surface area contributed by atoms with Gasteiger partial charge in [-0.2, -0.15) is 22.5 Å². The lowest BCUT2D eigenvalue weighted by molar-refractivity contribution is -0.136. The lowest BCUT2D eigenvalue weighted by Gasteiger charge is -2.38. The van der Waals surface area contributed by atoms with Crippen molar-refractivity contribution in [2.24, 2.45) is 0 Å². The van der Waals surface area contributed by atoms with Gasteiger partial charge in [0.05, 0.1) is 4.90 Å². The molecule has 47 heavy (non-hydrogen) atoms. The summed E-state index contributed by atoms with van der Waals surface area (Å²) >= 11 is 0. The van der Waals surface area contributed by atoms with Crippen LogP contribution in [0.1, 0.15) is 44.1 Å². The molecule has 0 saturated carbocycles. The molecule has 1 N–H and O–H groups in total. The normalized spacial score (nSPS) is 18.3. The number of hydrogen-bond acceptors (Lipinski definition) is 8. The molecule has 2 aromatic carbocycles. The second-order valence-electron chi connectivity index (χ2n) is 12.5. The van der Waals surface area contributed by atoms with Crippen molar-refractivity contribution in [2.75, 3.05) is 62.6 Å². The Balaban J connectivity index is 1.12. The maximum absolute atomic E-state index is 14.1. The predicted octanol–water partition coefficient (Wildman–Crippen LogP) is 5.95. The fraction of sp³-hybridized carbons (Fsp3) is 0.515. The van der Waals surface area contributed by atoms with Crippen molar-refractivity contribution < 1.29 is 26.0 Å². The molecular weight excluding hydrogens is 634 g/mol. The van der Waals surface area contributed by atoms with Crippen LogP contribution in [0.3, 0.4) is 0 Å². The van der Waals surface area contributed by atoms with Crippen LogP contribution in [0.4, 0.5) is 40.7 Å². The van der Waals surface area contributed by atoms with Gasteiger partial charge in [-0.25, -0.2) is 17.8 Å².